The lowest BCUT2D eigenvalue weighted by atomic mass is 10.0. The van der Waals surface area contributed by atoms with Gasteiger partial charge in [0.2, 0.25) is 5.88 Å². The first-order valence-electron chi connectivity index (χ1n) is 14.8. The van der Waals surface area contributed by atoms with Gasteiger partial charge in [0, 0.05) is 30.2 Å². The lowest BCUT2D eigenvalue weighted by molar-refractivity contribution is -0.0589. The number of aryl methyl sites for hydroxylation is 1. The van der Waals surface area contributed by atoms with Gasteiger partial charge in [-0.15, -0.1) is 0 Å². The molecule has 1 N–H and O–H groups in total. The summed E-state index contributed by atoms with van der Waals surface area (Å²) >= 11 is 0. The van der Waals surface area contributed by atoms with Crippen molar-refractivity contribution in [1.29, 1.82) is 0 Å². The highest BCUT2D eigenvalue weighted by molar-refractivity contribution is 5.92. The van der Waals surface area contributed by atoms with Crippen LogP contribution in [0.1, 0.15) is 45.7 Å². The van der Waals surface area contributed by atoms with E-state index in [9.17, 15) is 9.90 Å². The summed E-state index contributed by atoms with van der Waals surface area (Å²) in [5, 5.41) is 9.57. The first kappa shape index (κ1) is 28.5. The van der Waals surface area contributed by atoms with Crippen LogP contribution in [0.4, 0.5) is 10.1 Å². The molecule has 10 heteroatoms. The first-order valence-corrected chi connectivity index (χ1v) is 14.8. The minimum atomic E-state index is -1.20. The highest BCUT2D eigenvalue weighted by Gasteiger charge is 2.25. The molecule has 2 aromatic heterocycles. The molecule has 3 aromatic carbocycles. The van der Waals surface area contributed by atoms with Gasteiger partial charge in [-0.2, -0.15) is 0 Å². The maximum atomic E-state index is 15.1. The number of halogens is 1. The van der Waals surface area contributed by atoms with E-state index in [1.165, 1.54) is 6.07 Å². The van der Waals surface area contributed by atoms with Gasteiger partial charge in [0.15, 0.2) is 11.5 Å². The number of rotatable bonds is 5. The quantitative estimate of drug-likeness (QED) is 0.221. The third kappa shape index (κ3) is 5.82. The molecule has 0 saturated carbocycles. The number of aromatic nitrogens is 3. The lowest BCUT2D eigenvalue weighted by Gasteiger charge is -2.27. The number of fused-ring (bicyclic) bond motifs is 7. The lowest BCUT2D eigenvalue weighted by Crippen LogP contribution is -2.31. The van der Waals surface area contributed by atoms with E-state index in [1.54, 1.807) is 6.07 Å². The molecule has 226 valence electrons. The Morgan fingerprint density at radius 3 is 2.73 bits per heavy atom. The Balaban J connectivity index is 1.27. The van der Waals surface area contributed by atoms with Gasteiger partial charge in [0.25, 0.3) is 0 Å². The van der Waals surface area contributed by atoms with Gasteiger partial charge in [0.1, 0.15) is 23.7 Å². The maximum Gasteiger partial charge on any atom is 0.335 e. The summed E-state index contributed by atoms with van der Waals surface area (Å²) in [6, 6.07) is 19.6. The average molecular weight is 605 g/mol. The third-order valence-electron chi connectivity index (χ3n) is 8.29. The SMILES string of the molecule is [C-]#[N+]c1ccc2c(c1)CCCOc1cc(ccc1Cc1nc3c(F)cc(C(=O)O)cc3n1C[C@@H]1CCO1)-c1cccc(n1)OC2. The number of aromatic carboxylic acids is 1. The zero-order valence-electron chi connectivity index (χ0n) is 24.3. The Kier molecular flexibility index (Phi) is 7.61. The largest absolute Gasteiger partial charge is 0.493 e. The van der Waals surface area contributed by atoms with Crippen LogP contribution in [0.5, 0.6) is 11.6 Å². The molecule has 7 rings (SSSR count). The second-order valence-electron chi connectivity index (χ2n) is 11.2. The molecule has 5 aromatic rings. The number of imidazole rings is 1. The van der Waals surface area contributed by atoms with Crippen molar-refractivity contribution in [2.24, 2.45) is 0 Å². The van der Waals surface area contributed by atoms with Crippen LogP contribution in [-0.4, -0.2) is 44.9 Å². The molecule has 4 heterocycles. The van der Waals surface area contributed by atoms with Crippen molar-refractivity contribution in [3.8, 4) is 22.9 Å². The number of hydrogen-bond donors (Lipinski definition) is 1. The van der Waals surface area contributed by atoms with Crippen LogP contribution < -0.4 is 9.47 Å². The van der Waals surface area contributed by atoms with Gasteiger partial charge in [-0.3, -0.25) is 0 Å². The highest BCUT2D eigenvalue weighted by atomic mass is 19.1. The molecular weight excluding hydrogens is 575 g/mol. The van der Waals surface area contributed by atoms with Crippen LogP contribution in [0, 0.1) is 12.4 Å². The van der Waals surface area contributed by atoms with Gasteiger partial charge in [-0.05, 0) is 49.1 Å². The van der Waals surface area contributed by atoms with E-state index in [0.717, 1.165) is 40.4 Å². The molecule has 2 aliphatic rings. The Morgan fingerprint density at radius 2 is 1.93 bits per heavy atom. The van der Waals surface area contributed by atoms with Crippen LogP contribution in [0.3, 0.4) is 0 Å². The van der Waals surface area contributed by atoms with Gasteiger partial charge in [-0.1, -0.05) is 42.0 Å². The molecule has 0 spiro atoms. The van der Waals surface area contributed by atoms with E-state index in [1.807, 2.05) is 53.1 Å². The Hall–Kier alpha value is -5.27. The van der Waals surface area contributed by atoms with Crippen LogP contribution in [0.25, 0.3) is 27.1 Å². The second-order valence-corrected chi connectivity index (χ2v) is 11.2. The monoisotopic (exact) mass is 604 g/mol. The van der Waals surface area contributed by atoms with Crippen molar-refractivity contribution in [2.75, 3.05) is 13.2 Å². The predicted octanol–water partition coefficient (Wildman–Crippen LogP) is 6.77. The smallest absolute Gasteiger partial charge is 0.335 e. The fourth-order valence-electron chi connectivity index (χ4n) is 5.80. The number of carboxylic acid groups (broad SMARTS) is 1. The van der Waals surface area contributed by atoms with E-state index in [0.29, 0.717) is 74.3 Å². The zero-order valence-corrected chi connectivity index (χ0v) is 24.3. The van der Waals surface area contributed by atoms with Crippen LogP contribution in [0.15, 0.2) is 66.7 Å². The van der Waals surface area contributed by atoms with Crippen molar-refractivity contribution in [3.63, 3.8) is 0 Å². The number of hydrogen-bond acceptors (Lipinski definition) is 6. The predicted molar refractivity (Wildman–Crippen MR) is 164 cm³/mol. The average Bonchev–Trinajstić information content (AvgIpc) is 3.37. The van der Waals surface area contributed by atoms with E-state index in [4.69, 9.17) is 25.8 Å². The summed E-state index contributed by atoms with van der Waals surface area (Å²) in [4.78, 5) is 24.7. The summed E-state index contributed by atoms with van der Waals surface area (Å²) in [5.41, 5.74) is 5.45. The molecule has 0 unspecified atom stereocenters. The van der Waals surface area contributed by atoms with Crippen molar-refractivity contribution < 1.29 is 28.5 Å². The molecule has 1 saturated heterocycles. The van der Waals surface area contributed by atoms with E-state index in [2.05, 4.69) is 9.83 Å². The summed E-state index contributed by atoms with van der Waals surface area (Å²) in [7, 11) is 0. The highest BCUT2D eigenvalue weighted by Crippen LogP contribution is 2.32. The maximum absolute atomic E-state index is 15.1. The first-order chi connectivity index (χ1) is 21.9. The van der Waals surface area contributed by atoms with Crippen LogP contribution in [-0.2, 0) is 30.7 Å². The molecule has 1 fully saturated rings. The second kappa shape index (κ2) is 12.0. The molecule has 0 radical (unpaired) electrons. The Bertz CT molecular complexity index is 1980. The van der Waals surface area contributed by atoms with E-state index >= 15 is 4.39 Å². The fraction of sp³-hybridized carbons (Fsp3) is 0.257. The normalized spacial score (nSPS) is 16.0. The van der Waals surface area contributed by atoms with E-state index < -0.39 is 11.8 Å². The Morgan fingerprint density at radius 1 is 1.04 bits per heavy atom. The Labute approximate surface area is 258 Å². The van der Waals surface area contributed by atoms with Gasteiger partial charge in [-0.25, -0.2) is 24.0 Å². The number of benzene rings is 3. The number of carbonyl (C=O) groups is 1. The summed E-state index contributed by atoms with van der Waals surface area (Å²) in [5.74, 6) is -0.151. The fourth-order valence-corrected chi connectivity index (χ4v) is 5.80. The molecule has 4 bridgehead atoms. The topological polar surface area (TPSA) is 100 Å². The molecule has 1 atom stereocenters. The molecule has 9 nitrogen and oxygen atoms in total. The summed E-state index contributed by atoms with van der Waals surface area (Å²) in [6.07, 6.45) is 2.54. The van der Waals surface area contributed by atoms with Crippen molar-refractivity contribution in [2.45, 2.75) is 44.9 Å². The number of ether oxygens (including phenoxy) is 3. The summed E-state index contributed by atoms with van der Waals surface area (Å²) < 4.78 is 35.2. The third-order valence-corrected chi connectivity index (χ3v) is 8.29. The standard InChI is InChI=1S/C35H29FN4O5/c1-37-26-10-9-24-20-45-33-6-2-5-29(38-33)22-7-8-23(31(17-22)44-12-3-4-21(24)14-26)18-32-39-34-28(36)15-25(35(41)42)16-30(34)40(32)19-27-11-13-43-27/h2,5-10,14-17,27H,3-4,11-13,18-20H2,(H,41,42)/t27-/m0/s1. The number of nitrogens with zero attached hydrogens (tertiary/aromatic N) is 4. The molecule has 45 heavy (non-hydrogen) atoms. The zero-order chi connectivity index (χ0) is 30.9. The van der Waals surface area contributed by atoms with Crippen LogP contribution in [0.2, 0.25) is 0 Å². The van der Waals surface area contributed by atoms with Crippen molar-refractivity contribution in [3.05, 3.63) is 112 Å². The minimum absolute atomic E-state index is 0.0545. The molecular formula is C35H29FN4O5. The molecule has 0 amide bonds. The number of carboxylic acids is 1. The van der Waals surface area contributed by atoms with Gasteiger partial charge in [0.05, 0.1) is 42.6 Å². The number of pyridine rings is 1. The van der Waals surface area contributed by atoms with Gasteiger partial charge >= 0.3 is 5.97 Å². The van der Waals surface area contributed by atoms with E-state index in [-0.39, 0.29) is 17.2 Å². The molecule has 2 aliphatic heterocycles. The summed E-state index contributed by atoms with van der Waals surface area (Å²) in [6.45, 7) is 9.30. The minimum Gasteiger partial charge on any atom is -0.493 e. The van der Waals surface area contributed by atoms with Crippen molar-refractivity contribution >= 4 is 22.7 Å². The van der Waals surface area contributed by atoms with Crippen LogP contribution >= 0.6 is 0 Å². The molecule has 0 aliphatic carbocycles. The van der Waals surface area contributed by atoms with Crippen molar-refractivity contribution in [1.82, 2.24) is 14.5 Å². The van der Waals surface area contributed by atoms with Gasteiger partial charge < -0.3 is 23.9 Å².